The lowest BCUT2D eigenvalue weighted by Crippen LogP contribution is -1.96. The van der Waals surface area contributed by atoms with E-state index in [2.05, 4.69) is 15.9 Å². The van der Waals surface area contributed by atoms with Crippen LogP contribution in [-0.4, -0.2) is 5.11 Å². The molecule has 0 spiro atoms. The predicted molar refractivity (Wildman–Crippen MR) is 44.7 cm³/mol. The summed E-state index contributed by atoms with van der Waals surface area (Å²) in [7, 11) is 0. The molecule has 1 aromatic carbocycles. The Balaban J connectivity index is 3.21. The van der Waals surface area contributed by atoms with E-state index in [-0.39, 0.29) is 5.82 Å². The maximum Gasteiger partial charge on any atom is 0.130 e. The van der Waals surface area contributed by atoms with Crippen LogP contribution in [0.1, 0.15) is 18.6 Å². The summed E-state index contributed by atoms with van der Waals surface area (Å²) in [6.45, 7) is 1.53. The summed E-state index contributed by atoms with van der Waals surface area (Å²) in [6.07, 6.45) is -0.773. The van der Waals surface area contributed by atoms with Crippen LogP contribution in [0.2, 0.25) is 0 Å². The van der Waals surface area contributed by atoms with E-state index in [0.29, 0.717) is 10.0 Å². The predicted octanol–water partition coefficient (Wildman–Crippen LogP) is 2.64. The number of benzene rings is 1. The van der Waals surface area contributed by atoms with Gasteiger partial charge in [-0.2, -0.15) is 0 Å². The molecule has 0 radical (unpaired) electrons. The lowest BCUT2D eigenvalue weighted by atomic mass is 10.1. The smallest absolute Gasteiger partial charge is 0.130 e. The van der Waals surface area contributed by atoms with Gasteiger partial charge in [-0.05, 0) is 19.1 Å². The summed E-state index contributed by atoms with van der Waals surface area (Å²) in [6, 6.07) is 4.61. The summed E-state index contributed by atoms with van der Waals surface area (Å²) in [5.74, 6) is -0.380. The highest BCUT2D eigenvalue weighted by Gasteiger charge is 2.10. The van der Waals surface area contributed by atoms with Crippen LogP contribution < -0.4 is 0 Å². The first kappa shape index (κ1) is 8.68. The molecule has 1 aromatic rings. The van der Waals surface area contributed by atoms with Gasteiger partial charge in [0.2, 0.25) is 0 Å². The number of hydrogen-bond acceptors (Lipinski definition) is 1. The molecule has 0 aliphatic heterocycles. The molecule has 0 aromatic heterocycles. The monoisotopic (exact) mass is 218 g/mol. The van der Waals surface area contributed by atoms with Crippen molar-refractivity contribution in [3.8, 4) is 0 Å². The van der Waals surface area contributed by atoms with Gasteiger partial charge in [0, 0.05) is 10.0 Å². The van der Waals surface area contributed by atoms with Crippen LogP contribution in [0.4, 0.5) is 4.39 Å². The van der Waals surface area contributed by atoms with E-state index in [0.717, 1.165) is 0 Å². The molecule has 0 amide bonds. The molecular weight excluding hydrogens is 211 g/mol. The molecule has 0 heterocycles. The van der Waals surface area contributed by atoms with Crippen molar-refractivity contribution in [3.63, 3.8) is 0 Å². The second-order valence-corrected chi connectivity index (χ2v) is 3.17. The average Bonchev–Trinajstić information content (AvgIpc) is 1.85. The largest absolute Gasteiger partial charge is 0.389 e. The van der Waals surface area contributed by atoms with E-state index in [1.54, 1.807) is 12.1 Å². The van der Waals surface area contributed by atoms with Crippen molar-refractivity contribution in [3.05, 3.63) is 34.1 Å². The van der Waals surface area contributed by atoms with Gasteiger partial charge in [0.15, 0.2) is 0 Å². The maximum absolute atomic E-state index is 12.9. The Kier molecular flexibility index (Phi) is 2.62. The van der Waals surface area contributed by atoms with Crippen molar-refractivity contribution < 1.29 is 9.50 Å². The molecule has 1 atom stereocenters. The van der Waals surface area contributed by atoms with E-state index in [9.17, 15) is 4.39 Å². The van der Waals surface area contributed by atoms with Gasteiger partial charge in [-0.15, -0.1) is 0 Å². The molecule has 0 aliphatic rings. The fourth-order valence-corrected chi connectivity index (χ4v) is 1.58. The number of halogens is 2. The van der Waals surface area contributed by atoms with Crippen LogP contribution in [0.3, 0.4) is 0 Å². The summed E-state index contributed by atoms with van der Waals surface area (Å²) >= 11 is 3.15. The van der Waals surface area contributed by atoms with Crippen LogP contribution in [-0.2, 0) is 0 Å². The molecule has 1 nitrogen and oxygen atoms in total. The highest BCUT2D eigenvalue weighted by atomic mass is 79.9. The molecule has 60 valence electrons. The zero-order valence-corrected chi connectivity index (χ0v) is 7.60. The van der Waals surface area contributed by atoms with Gasteiger partial charge in [0.25, 0.3) is 0 Å². The Morgan fingerprint density at radius 2 is 2.18 bits per heavy atom. The molecule has 1 rings (SSSR count). The number of rotatable bonds is 1. The second kappa shape index (κ2) is 3.32. The zero-order chi connectivity index (χ0) is 8.43. The molecule has 0 unspecified atom stereocenters. The molecule has 11 heavy (non-hydrogen) atoms. The second-order valence-electron chi connectivity index (χ2n) is 2.31. The fraction of sp³-hybridized carbons (Fsp3) is 0.250. The van der Waals surface area contributed by atoms with Crippen molar-refractivity contribution in [2.45, 2.75) is 13.0 Å². The molecular formula is C8H8BrFO. The van der Waals surface area contributed by atoms with Crippen LogP contribution in [0.15, 0.2) is 22.7 Å². The molecule has 0 saturated heterocycles. The number of hydrogen-bond donors (Lipinski definition) is 1. The lowest BCUT2D eigenvalue weighted by Gasteiger charge is -2.07. The summed E-state index contributed by atoms with van der Waals surface area (Å²) in [4.78, 5) is 0. The first-order valence-corrected chi connectivity index (χ1v) is 4.04. The lowest BCUT2D eigenvalue weighted by molar-refractivity contribution is 0.193. The third-order valence-corrected chi connectivity index (χ3v) is 2.11. The SMILES string of the molecule is C[C@H](O)c1c(F)cccc1Br. The van der Waals surface area contributed by atoms with Crippen molar-refractivity contribution in [2.24, 2.45) is 0 Å². The van der Waals surface area contributed by atoms with Gasteiger partial charge in [-0.3, -0.25) is 0 Å². The summed E-state index contributed by atoms with van der Waals surface area (Å²) in [5.41, 5.74) is 0.313. The minimum atomic E-state index is -0.773. The van der Waals surface area contributed by atoms with E-state index in [4.69, 9.17) is 5.11 Å². The number of aliphatic hydroxyl groups excluding tert-OH is 1. The van der Waals surface area contributed by atoms with Crippen molar-refractivity contribution in [2.75, 3.05) is 0 Å². The molecule has 3 heteroatoms. The highest BCUT2D eigenvalue weighted by Crippen LogP contribution is 2.25. The van der Waals surface area contributed by atoms with Crippen molar-refractivity contribution >= 4 is 15.9 Å². The van der Waals surface area contributed by atoms with Gasteiger partial charge < -0.3 is 5.11 Å². The molecule has 1 N–H and O–H groups in total. The number of aliphatic hydroxyl groups is 1. The molecule has 0 saturated carbocycles. The molecule has 0 aliphatic carbocycles. The normalized spacial score (nSPS) is 13.1. The van der Waals surface area contributed by atoms with Crippen molar-refractivity contribution in [1.82, 2.24) is 0 Å². The third-order valence-electron chi connectivity index (χ3n) is 1.42. The minimum Gasteiger partial charge on any atom is -0.389 e. The first-order valence-electron chi connectivity index (χ1n) is 3.25. The molecule has 0 bridgehead atoms. The van der Waals surface area contributed by atoms with Gasteiger partial charge >= 0.3 is 0 Å². The third kappa shape index (κ3) is 1.79. The van der Waals surface area contributed by atoms with E-state index in [1.165, 1.54) is 13.0 Å². The van der Waals surface area contributed by atoms with Gasteiger partial charge in [-0.1, -0.05) is 22.0 Å². The standard InChI is InChI=1S/C8H8BrFO/c1-5(11)8-6(9)3-2-4-7(8)10/h2-5,11H,1H3/t5-/m0/s1. The van der Waals surface area contributed by atoms with Crippen LogP contribution >= 0.6 is 15.9 Å². The van der Waals surface area contributed by atoms with Crippen LogP contribution in [0.5, 0.6) is 0 Å². The van der Waals surface area contributed by atoms with E-state index in [1.807, 2.05) is 0 Å². The topological polar surface area (TPSA) is 20.2 Å². The Labute approximate surface area is 73.0 Å². The van der Waals surface area contributed by atoms with Gasteiger partial charge in [0.05, 0.1) is 6.10 Å². The average molecular weight is 219 g/mol. The summed E-state index contributed by atoms with van der Waals surface area (Å²) in [5, 5.41) is 9.12. The van der Waals surface area contributed by atoms with Gasteiger partial charge in [0.1, 0.15) is 5.82 Å². The minimum absolute atomic E-state index is 0.313. The van der Waals surface area contributed by atoms with Crippen LogP contribution in [0, 0.1) is 5.82 Å². The highest BCUT2D eigenvalue weighted by molar-refractivity contribution is 9.10. The van der Waals surface area contributed by atoms with E-state index < -0.39 is 6.10 Å². The fourth-order valence-electron chi connectivity index (χ4n) is 0.910. The Hall–Kier alpha value is -0.410. The van der Waals surface area contributed by atoms with E-state index >= 15 is 0 Å². The Morgan fingerprint density at radius 3 is 2.55 bits per heavy atom. The van der Waals surface area contributed by atoms with Gasteiger partial charge in [-0.25, -0.2) is 4.39 Å². The Bertz CT molecular complexity index is 240. The molecule has 0 fully saturated rings. The van der Waals surface area contributed by atoms with Crippen LogP contribution in [0.25, 0.3) is 0 Å². The zero-order valence-electron chi connectivity index (χ0n) is 6.01. The Morgan fingerprint density at radius 1 is 1.55 bits per heavy atom. The summed E-state index contributed by atoms with van der Waals surface area (Å²) < 4.78 is 13.5. The maximum atomic E-state index is 12.9. The van der Waals surface area contributed by atoms with Crippen molar-refractivity contribution in [1.29, 1.82) is 0 Å². The quantitative estimate of drug-likeness (QED) is 0.769. The first-order chi connectivity index (χ1) is 5.13.